The normalized spacial score (nSPS) is 9.89. The lowest BCUT2D eigenvalue weighted by molar-refractivity contribution is -0.121. The molecule has 18 heavy (non-hydrogen) atoms. The molecule has 0 unspecified atom stereocenters. The Balaban J connectivity index is 0.00000289. The Labute approximate surface area is 127 Å². The third-order valence-corrected chi connectivity index (χ3v) is 4.07. The fourth-order valence-electron chi connectivity index (χ4n) is 1.49. The van der Waals surface area contributed by atoms with Crippen LogP contribution in [0, 0.1) is 0 Å². The molecule has 1 rings (SSSR count). The molecule has 1 amide bonds. The van der Waals surface area contributed by atoms with Crippen molar-refractivity contribution in [1.82, 2.24) is 10.6 Å². The Kier molecular flexibility index (Phi) is 10.7. The molecule has 0 radical (unpaired) electrons. The second kappa shape index (κ2) is 10.8. The summed E-state index contributed by atoms with van der Waals surface area (Å²) in [6.07, 6.45) is 3.51. The van der Waals surface area contributed by atoms with Crippen LogP contribution in [0.5, 0.6) is 0 Å². The fraction of sp³-hybridized carbons (Fsp3) is 0.583. The van der Waals surface area contributed by atoms with E-state index in [0.29, 0.717) is 6.42 Å². The summed E-state index contributed by atoms with van der Waals surface area (Å²) in [4.78, 5) is 12.8. The lowest BCUT2D eigenvalue weighted by atomic mass is 10.2. The zero-order valence-corrected chi connectivity index (χ0v) is 13.7. The largest absolute Gasteiger partial charge is 0.356 e. The summed E-state index contributed by atoms with van der Waals surface area (Å²) in [5.74, 6) is 0.164. The first-order chi connectivity index (χ1) is 8.22. The number of thiophene rings is 1. The minimum atomic E-state index is 0. The Morgan fingerprint density at radius 1 is 1.33 bits per heavy atom. The lowest BCUT2D eigenvalue weighted by Crippen LogP contribution is -2.26. The molecule has 0 aliphatic carbocycles. The van der Waals surface area contributed by atoms with Gasteiger partial charge in [0.2, 0.25) is 5.91 Å². The lowest BCUT2D eigenvalue weighted by Gasteiger charge is -2.04. The fourth-order valence-corrected chi connectivity index (χ4v) is 3.02. The number of hydrogen-bond acceptors (Lipinski definition) is 3. The molecule has 0 spiro atoms. The maximum Gasteiger partial charge on any atom is 0.220 e. The van der Waals surface area contributed by atoms with Crippen LogP contribution in [-0.2, 0) is 11.2 Å². The quantitative estimate of drug-likeness (QED) is 0.704. The summed E-state index contributed by atoms with van der Waals surface area (Å²) in [6, 6.07) is 4.16. The topological polar surface area (TPSA) is 41.1 Å². The molecule has 3 nitrogen and oxygen atoms in total. The van der Waals surface area contributed by atoms with Crippen molar-refractivity contribution in [3.05, 3.63) is 20.8 Å². The number of rotatable bonds is 8. The smallest absolute Gasteiger partial charge is 0.220 e. The molecule has 0 fully saturated rings. The Bertz CT molecular complexity index is 347. The van der Waals surface area contributed by atoms with E-state index in [1.807, 2.05) is 7.05 Å². The van der Waals surface area contributed by atoms with Gasteiger partial charge in [-0.2, -0.15) is 0 Å². The summed E-state index contributed by atoms with van der Waals surface area (Å²) in [7, 11) is 1.92. The van der Waals surface area contributed by atoms with E-state index in [1.165, 1.54) is 4.88 Å². The van der Waals surface area contributed by atoms with Crippen molar-refractivity contribution < 1.29 is 4.79 Å². The minimum absolute atomic E-state index is 0. The number of carbonyl (C=O) groups excluding carboxylic acids is 1. The first-order valence-electron chi connectivity index (χ1n) is 5.88. The van der Waals surface area contributed by atoms with Crippen LogP contribution in [0.25, 0.3) is 0 Å². The zero-order valence-electron chi connectivity index (χ0n) is 10.5. The first-order valence-corrected chi connectivity index (χ1v) is 7.49. The van der Waals surface area contributed by atoms with E-state index < -0.39 is 0 Å². The maximum atomic E-state index is 11.5. The number of carbonyl (C=O) groups is 1. The molecule has 0 atom stereocenters. The van der Waals surface area contributed by atoms with E-state index in [2.05, 4.69) is 38.7 Å². The van der Waals surface area contributed by atoms with Crippen LogP contribution in [0.15, 0.2) is 15.9 Å². The molecule has 1 heterocycles. The molecule has 0 aromatic carbocycles. The standard InChI is InChI=1S/C12H19BrN2OS.ClH/c1-14-8-3-9-15-12(16)5-2-4-10-6-7-11(13)17-10;/h6-7,14H,2-5,8-9H2,1H3,(H,15,16);1H. The van der Waals surface area contributed by atoms with Gasteiger partial charge in [0.05, 0.1) is 3.79 Å². The van der Waals surface area contributed by atoms with Crippen molar-refractivity contribution in [1.29, 1.82) is 0 Å². The molecule has 104 valence electrons. The second-order valence-electron chi connectivity index (χ2n) is 3.87. The minimum Gasteiger partial charge on any atom is -0.356 e. The van der Waals surface area contributed by atoms with Crippen LogP contribution < -0.4 is 10.6 Å². The van der Waals surface area contributed by atoms with E-state index in [9.17, 15) is 4.79 Å². The summed E-state index contributed by atoms with van der Waals surface area (Å²) in [5, 5.41) is 5.98. The molecule has 1 aromatic heterocycles. The summed E-state index contributed by atoms with van der Waals surface area (Å²) in [5.41, 5.74) is 0. The number of aryl methyl sites for hydroxylation is 1. The van der Waals surface area contributed by atoms with Gasteiger partial charge in [0.1, 0.15) is 0 Å². The molecular weight excluding hydrogens is 336 g/mol. The van der Waals surface area contributed by atoms with E-state index in [-0.39, 0.29) is 18.3 Å². The highest BCUT2D eigenvalue weighted by atomic mass is 79.9. The van der Waals surface area contributed by atoms with Gasteiger partial charge in [0.15, 0.2) is 0 Å². The first kappa shape index (κ1) is 17.9. The average molecular weight is 356 g/mol. The van der Waals surface area contributed by atoms with Gasteiger partial charge in [0.25, 0.3) is 0 Å². The predicted octanol–water partition coefficient (Wildman–Crippen LogP) is 2.98. The van der Waals surface area contributed by atoms with Gasteiger partial charge >= 0.3 is 0 Å². The van der Waals surface area contributed by atoms with Crippen molar-refractivity contribution >= 4 is 45.6 Å². The Hall–Kier alpha value is -0.100. The van der Waals surface area contributed by atoms with Crippen molar-refractivity contribution in [3.8, 4) is 0 Å². The number of nitrogens with one attached hydrogen (secondary N) is 2. The van der Waals surface area contributed by atoms with Crippen LogP contribution >= 0.6 is 39.7 Å². The average Bonchev–Trinajstić information content (AvgIpc) is 2.71. The van der Waals surface area contributed by atoms with Crippen molar-refractivity contribution in [2.75, 3.05) is 20.1 Å². The highest BCUT2D eigenvalue weighted by molar-refractivity contribution is 9.11. The highest BCUT2D eigenvalue weighted by Gasteiger charge is 2.02. The monoisotopic (exact) mass is 354 g/mol. The molecule has 1 aromatic rings. The van der Waals surface area contributed by atoms with Gasteiger partial charge in [-0.1, -0.05) is 0 Å². The van der Waals surface area contributed by atoms with Crippen molar-refractivity contribution in [2.24, 2.45) is 0 Å². The molecular formula is C12H20BrClN2OS. The van der Waals surface area contributed by atoms with Crippen molar-refractivity contribution in [3.63, 3.8) is 0 Å². The number of amides is 1. The van der Waals surface area contributed by atoms with Gasteiger partial charge in [-0.15, -0.1) is 23.7 Å². The second-order valence-corrected chi connectivity index (χ2v) is 6.41. The third kappa shape index (κ3) is 8.08. The van der Waals surface area contributed by atoms with Gasteiger partial charge in [0, 0.05) is 17.8 Å². The van der Waals surface area contributed by atoms with Gasteiger partial charge in [-0.25, -0.2) is 0 Å². The molecule has 0 aliphatic heterocycles. The molecule has 2 N–H and O–H groups in total. The van der Waals surface area contributed by atoms with Crippen LogP contribution in [0.2, 0.25) is 0 Å². The van der Waals surface area contributed by atoms with Gasteiger partial charge < -0.3 is 10.6 Å². The van der Waals surface area contributed by atoms with E-state index in [4.69, 9.17) is 0 Å². The van der Waals surface area contributed by atoms with Gasteiger partial charge in [-0.3, -0.25) is 4.79 Å². The third-order valence-electron chi connectivity index (χ3n) is 2.38. The Morgan fingerprint density at radius 3 is 2.72 bits per heavy atom. The van der Waals surface area contributed by atoms with E-state index in [0.717, 1.165) is 36.1 Å². The van der Waals surface area contributed by atoms with E-state index in [1.54, 1.807) is 11.3 Å². The molecule has 0 aliphatic rings. The molecule has 6 heteroatoms. The van der Waals surface area contributed by atoms with E-state index >= 15 is 0 Å². The summed E-state index contributed by atoms with van der Waals surface area (Å²) in [6.45, 7) is 1.72. The Morgan fingerprint density at radius 2 is 2.11 bits per heavy atom. The zero-order chi connectivity index (χ0) is 12.5. The van der Waals surface area contributed by atoms with Crippen molar-refractivity contribution in [2.45, 2.75) is 25.7 Å². The van der Waals surface area contributed by atoms with Gasteiger partial charge in [-0.05, 0) is 60.9 Å². The van der Waals surface area contributed by atoms with Crippen LogP contribution in [0.4, 0.5) is 0 Å². The predicted molar refractivity (Wildman–Crippen MR) is 83.8 cm³/mol. The van der Waals surface area contributed by atoms with Crippen LogP contribution in [0.3, 0.4) is 0 Å². The number of hydrogen-bond donors (Lipinski definition) is 2. The molecule has 0 saturated heterocycles. The van der Waals surface area contributed by atoms with Crippen LogP contribution in [0.1, 0.15) is 24.1 Å². The SMILES string of the molecule is CNCCCNC(=O)CCCc1ccc(Br)s1.Cl. The molecule has 0 saturated carbocycles. The summed E-state index contributed by atoms with van der Waals surface area (Å²) >= 11 is 5.18. The summed E-state index contributed by atoms with van der Waals surface area (Å²) < 4.78 is 1.16. The molecule has 0 bridgehead atoms. The highest BCUT2D eigenvalue weighted by Crippen LogP contribution is 2.23. The maximum absolute atomic E-state index is 11.5. The number of halogens is 2. The van der Waals surface area contributed by atoms with Crippen LogP contribution in [-0.4, -0.2) is 26.0 Å².